The van der Waals surface area contributed by atoms with Crippen LogP contribution in [0.5, 0.6) is 0 Å². The van der Waals surface area contributed by atoms with Gasteiger partial charge >= 0.3 is 0 Å². The number of aliphatic hydroxyl groups is 1. The fraction of sp³-hybridized carbons (Fsp3) is 0.750. The van der Waals surface area contributed by atoms with Gasteiger partial charge in [0, 0.05) is 13.0 Å². The van der Waals surface area contributed by atoms with Crippen LogP contribution in [0.1, 0.15) is 71.1 Å². The largest absolute Gasteiger partial charge is 0.396 e. The molecule has 1 N–H and O–H groups in total. The van der Waals surface area contributed by atoms with E-state index in [-0.39, 0.29) is 0 Å². The monoisotopic (exact) mass is 236 g/mol. The van der Waals surface area contributed by atoms with Crippen LogP contribution >= 0.6 is 0 Å². The lowest BCUT2D eigenvalue weighted by Gasteiger charge is -1.99. The van der Waals surface area contributed by atoms with Gasteiger partial charge in [-0.3, -0.25) is 0 Å². The zero-order valence-electron chi connectivity index (χ0n) is 11.4. The van der Waals surface area contributed by atoms with Crippen LogP contribution in [-0.2, 0) is 0 Å². The quantitative estimate of drug-likeness (QED) is 0.438. The van der Waals surface area contributed by atoms with E-state index < -0.39 is 0 Å². The maximum atomic E-state index is 8.63. The predicted molar refractivity (Wildman–Crippen MR) is 75.8 cm³/mol. The van der Waals surface area contributed by atoms with Crippen molar-refractivity contribution >= 4 is 0 Å². The van der Waals surface area contributed by atoms with Crippen LogP contribution in [0, 0.1) is 11.8 Å². The SMILES string of the molecule is CC/C=C/C#CCCCCCCCCCCO. The summed E-state index contributed by atoms with van der Waals surface area (Å²) < 4.78 is 0. The molecule has 0 aliphatic heterocycles. The van der Waals surface area contributed by atoms with E-state index in [1.807, 2.05) is 6.08 Å². The zero-order valence-corrected chi connectivity index (χ0v) is 11.4. The first-order valence-electron chi connectivity index (χ1n) is 7.16. The Balaban J connectivity index is 3.07. The third kappa shape index (κ3) is 15.3. The van der Waals surface area contributed by atoms with E-state index >= 15 is 0 Å². The molecule has 0 unspecified atom stereocenters. The van der Waals surface area contributed by atoms with E-state index in [2.05, 4.69) is 24.8 Å². The Bertz CT molecular complexity index is 219. The molecule has 98 valence electrons. The van der Waals surface area contributed by atoms with Crippen molar-refractivity contribution in [3.63, 3.8) is 0 Å². The highest BCUT2D eigenvalue weighted by molar-refractivity contribution is 5.14. The van der Waals surface area contributed by atoms with Crippen LogP contribution in [0.25, 0.3) is 0 Å². The Labute approximate surface area is 107 Å². The molecule has 0 aliphatic carbocycles. The molecular weight excluding hydrogens is 208 g/mol. The number of allylic oxidation sites excluding steroid dienone is 2. The summed E-state index contributed by atoms with van der Waals surface area (Å²) in [4.78, 5) is 0. The van der Waals surface area contributed by atoms with Crippen molar-refractivity contribution < 1.29 is 5.11 Å². The van der Waals surface area contributed by atoms with Crippen molar-refractivity contribution in [3.8, 4) is 11.8 Å². The molecule has 0 aromatic heterocycles. The summed E-state index contributed by atoms with van der Waals surface area (Å²) in [5, 5.41) is 8.63. The molecule has 1 nitrogen and oxygen atoms in total. The van der Waals surface area contributed by atoms with Gasteiger partial charge in [-0.2, -0.15) is 0 Å². The Hall–Kier alpha value is -0.740. The number of rotatable bonds is 10. The van der Waals surface area contributed by atoms with Crippen LogP contribution in [0.15, 0.2) is 12.2 Å². The van der Waals surface area contributed by atoms with Gasteiger partial charge in [0.1, 0.15) is 0 Å². The highest BCUT2D eigenvalue weighted by Crippen LogP contribution is 2.09. The lowest BCUT2D eigenvalue weighted by Crippen LogP contribution is -1.84. The van der Waals surface area contributed by atoms with E-state index in [0.717, 1.165) is 19.3 Å². The lowest BCUT2D eigenvalue weighted by molar-refractivity contribution is 0.282. The molecule has 0 radical (unpaired) electrons. The topological polar surface area (TPSA) is 20.2 Å². The van der Waals surface area contributed by atoms with Crippen molar-refractivity contribution in [3.05, 3.63) is 12.2 Å². The number of aliphatic hydroxyl groups excluding tert-OH is 1. The van der Waals surface area contributed by atoms with Gasteiger partial charge in [0.15, 0.2) is 0 Å². The van der Waals surface area contributed by atoms with Gasteiger partial charge in [-0.1, -0.05) is 63.4 Å². The average molecular weight is 236 g/mol. The van der Waals surface area contributed by atoms with Gasteiger partial charge in [0.25, 0.3) is 0 Å². The molecule has 17 heavy (non-hydrogen) atoms. The fourth-order valence-corrected chi connectivity index (χ4v) is 1.69. The molecular formula is C16H28O. The van der Waals surface area contributed by atoms with E-state index in [4.69, 9.17) is 5.11 Å². The molecule has 0 aliphatic rings. The van der Waals surface area contributed by atoms with Crippen molar-refractivity contribution in [1.29, 1.82) is 0 Å². The zero-order chi connectivity index (χ0) is 12.6. The van der Waals surface area contributed by atoms with E-state index in [9.17, 15) is 0 Å². The molecule has 0 saturated heterocycles. The molecule has 0 bridgehead atoms. The van der Waals surface area contributed by atoms with Crippen molar-refractivity contribution in [2.24, 2.45) is 0 Å². The molecule has 0 aromatic rings. The second-order valence-electron chi connectivity index (χ2n) is 4.43. The van der Waals surface area contributed by atoms with Gasteiger partial charge in [0.2, 0.25) is 0 Å². The molecule has 0 saturated carbocycles. The molecule has 0 amide bonds. The predicted octanol–water partition coefficient (Wildman–Crippen LogP) is 4.46. The minimum atomic E-state index is 0.352. The van der Waals surface area contributed by atoms with Gasteiger partial charge < -0.3 is 5.11 Å². The summed E-state index contributed by atoms with van der Waals surface area (Å²) in [6, 6.07) is 0. The molecule has 0 heterocycles. The molecule has 0 rings (SSSR count). The summed E-state index contributed by atoms with van der Waals surface area (Å²) in [7, 11) is 0. The number of hydrogen-bond acceptors (Lipinski definition) is 1. The fourth-order valence-electron chi connectivity index (χ4n) is 1.69. The minimum absolute atomic E-state index is 0.352. The van der Waals surface area contributed by atoms with Crippen molar-refractivity contribution in [2.45, 2.75) is 71.1 Å². The Kier molecular flexibility index (Phi) is 14.6. The van der Waals surface area contributed by atoms with Gasteiger partial charge in [0.05, 0.1) is 0 Å². The molecule has 0 fully saturated rings. The highest BCUT2D eigenvalue weighted by atomic mass is 16.2. The summed E-state index contributed by atoms with van der Waals surface area (Å²) in [5.41, 5.74) is 0. The summed E-state index contributed by atoms with van der Waals surface area (Å²) in [6.07, 6.45) is 16.2. The van der Waals surface area contributed by atoms with Crippen LogP contribution in [0.2, 0.25) is 0 Å². The molecule has 0 atom stereocenters. The summed E-state index contributed by atoms with van der Waals surface area (Å²) in [5.74, 6) is 6.23. The maximum absolute atomic E-state index is 8.63. The van der Waals surface area contributed by atoms with Crippen LogP contribution in [0.3, 0.4) is 0 Å². The molecule has 1 heteroatoms. The van der Waals surface area contributed by atoms with Gasteiger partial charge in [-0.05, 0) is 25.3 Å². The van der Waals surface area contributed by atoms with Gasteiger partial charge in [-0.25, -0.2) is 0 Å². The Morgan fingerprint density at radius 1 is 0.882 bits per heavy atom. The summed E-state index contributed by atoms with van der Waals surface area (Å²) >= 11 is 0. The first-order chi connectivity index (χ1) is 8.41. The van der Waals surface area contributed by atoms with E-state index in [0.29, 0.717) is 6.61 Å². The third-order valence-electron chi connectivity index (χ3n) is 2.75. The van der Waals surface area contributed by atoms with Crippen LogP contribution < -0.4 is 0 Å². The third-order valence-corrected chi connectivity index (χ3v) is 2.75. The molecule has 0 aromatic carbocycles. The number of hydrogen-bond donors (Lipinski definition) is 1. The highest BCUT2D eigenvalue weighted by Gasteiger charge is 1.91. The standard InChI is InChI=1S/C16H28O/c1-2-3-4-5-6-7-8-9-10-11-12-13-14-15-16-17/h3-4,17H,2,7-16H2,1H3/b4-3+. The smallest absolute Gasteiger partial charge is 0.0431 e. The average Bonchev–Trinajstić information content (AvgIpc) is 2.35. The second-order valence-corrected chi connectivity index (χ2v) is 4.43. The first kappa shape index (κ1) is 16.3. The van der Waals surface area contributed by atoms with Crippen molar-refractivity contribution in [2.75, 3.05) is 6.61 Å². The number of unbranched alkanes of at least 4 members (excludes halogenated alkanes) is 8. The van der Waals surface area contributed by atoms with Crippen LogP contribution in [-0.4, -0.2) is 11.7 Å². The van der Waals surface area contributed by atoms with E-state index in [1.165, 1.54) is 44.9 Å². The summed E-state index contributed by atoms with van der Waals surface area (Å²) in [6.45, 7) is 2.48. The lowest BCUT2D eigenvalue weighted by atomic mass is 10.1. The van der Waals surface area contributed by atoms with Gasteiger partial charge in [-0.15, -0.1) is 0 Å². The Morgan fingerprint density at radius 2 is 1.47 bits per heavy atom. The molecule has 0 spiro atoms. The normalized spacial score (nSPS) is 10.5. The van der Waals surface area contributed by atoms with Crippen LogP contribution in [0.4, 0.5) is 0 Å². The first-order valence-corrected chi connectivity index (χ1v) is 7.16. The minimum Gasteiger partial charge on any atom is -0.396 e. The Morgan fingerprint density at radius 3 is 2.06 bits per heavy atom. The van der Waals surface area contributed by atoms with Crippen molar-refractivity contribution in [1.82, 2.24) is 0 Å². The second kappa shape index (κ2) is 15.3. The maximum Gasteiger partial charge on any atom is 0.0431 e. The van der Waals surface area contributed by atoms with E-state index in [1.54, 1.807) is 0 Å².